The van der Waals surface area contributed by atoms with E-state index in [1.807, 2.05) is 0 Å². The molecule has 0 heterocycles. The molecule has 0 saturated heterocycles. The fourth-order valence-electron chi connectivity index (χ4n) is 1.86. The molecule has 23 heavy (non-hydrogen) atoms. The predicted molar refractivity (Wildman–Crippen MR) is 81.9 cm³/mol. The van der Waals surface area contributed by atoms with E-state index < -0.39 is 11.7 Å². The van der Waals surface area contributed by atoms with Crippen molar-refractivity contribution < 1.29 is 23.0 Å². The highest BCUT2D eigenvalue weighted by molar-refractivity contribution is 5.85. The molecule has 0 aliphatic carbocycles. The minimum absolute atomic E-state index is 0.0797. The summed E-state index contributed by atoms with van der Waals surface area (Å²) in [5, 5.41) is 13.8. The second-order valence-corrected chi connectivity index (χ2v) is 4.58. The molecule has 122 valence electrons. The van der Waals surface area contributed by atoms with Crippen LogP contribution in [0.1, 0.15) is 18.1 Å². The molecule has 2 aromatic rings. The normalized spacial score (nSPS) is 11.7. The standard InChI is InChI=1S/C16H15F3N2O2/c1-2-23-14-8-3-5-11(15(14)22)10-20-21-13-7-4-6-12(9-13)16(17,18)19/h3-10,21-22H,2H2,1H3/b20-10+. The molecule has 0 aromatic heterocycles. The van der Waals surface area contributed by atoms with Crippen molar-refractivity contribution >= 4 is 11.9 Å². The van der Waals surface area contributed by atoms with Gasteiger partial charge in [-0.05, 0) is 37.3 Å². The Morgan fingerprint density at radius 1 is 1.22 bits per heavy atom. The molecule has 0 radical (unpaired) electrons. The van der Waals surface area contributed by atoms with Crippen molar-refractivity contribution in [3.8, 4) is 11.5 Å². The number of phenolic OH excluding ortho intramolecular Hbond substituents is 1. The number of ether oxygens (including phenoxy) is 1. The van der Waals surface area contributed by atoms with Gasteiger partial charge in [0, 0.05) is 5.56 Å². The lowest BCUT2D eigenvalue weighted by Crippen LogP contribution is -2.05. The van der Waals surface area contributed by atoms with E-state index in [1.165, 1.54) is 18.3 Å². The van der Waals surface area contributed by atoms with Gasteiger partial charge in [-0.15, -0.1) is 0 Å². The third-order valence-electron chi connectivity index (χ3n) is 2.92. The topological polar surface area (TPSA) is 53.8 Å². The second-order valence-electron chi connectivity index (χ2n) is 4.58. The zero-order valence-electron chi connectivity index (χ0n) is 12.3. The van der Waals surface area contributed by atoms with Gasteiger partial charge in [-0.25, -0.2) is 0 Å². The van der Waals surface area contributed by atoms with E-state index in [-0.39, 0.29) is 11.4 Å². The highest BCUT2D eigenvalue weighted by Gasteiger charge is 2.30. The Morgan fingerprint density at radius 2 is 1.96 bits per heavy atom. The molecule has 0 aliphatic rings. The minimum Gasteiger partial charge on any atom is -0.504 e. The van der Waals surface area contributed by atoms with Crippen molar-refractivity contribution in [2.75, 3.05) is 12.0 Å². The van der Waals surface area contributed by atoms with Crippen molar-refractivity contribution in [2.24, 2.45) is 5.10 Å². The maximum absolute atomic E-state index is 12.6. The number of rotatable bonds is 5. The molecule has 0 spiro atoms. The first kappa shape index (κ1) is 16.7. The first-order valence-corrected chi connectivity index (χ1v) is 6.83. The summed E-state index contributed by atoms with van der Waals surface area (Å²) < 4.78 is 43.1. The molecule has 0 saturated carbocycles. The highest BCUT2D eigenvalue weighted by Crippen LogP contribution is 2.31. The number of halogens is 3. The second kappa shape index (κ2) is 7.04. The molecule has 0 unspecified atom stereocenters. The summed E-state index contributed by atoms with van der Waals surface area (Å²) in [7, 11) is 0. The molecule has 0 atom stereocenters. The van der Waals surface area contributed by atoms with Gasteiger partial charge in [0.1, 0.15) is 0 Å². The number of nitrogens with one attached hydrogen (secondary N) is 1. The summed E-state index contributed by atoms with van der Waals surface area (Å²) >= 11 is 0. The predicted octanol–water partition coefficient (Wildman–Crippen LogP) is 4.26. The Morgan fingerprint density at radius 3 is 2.65 bits per heavy atom. The van der Waals surface area contributed by atoms with Gasteiger partial charge in [-0.3, -0.25) is 5.43 Å². The summed E-state index contributed by atoms with van der Waals surface area (Å²) in [5.74, 6) is 0.236. The van der Waals surface area contributed by atoms with E-state index in [1.54, 1.807) is 25.1 Å². The van der Waals surface area contributed by atoms with E-state index in [9.17, 15) is 18.3 Å². The van der Waals surface area contributed by atoms with E-state index in [2.05, 4.69) is 10.5 Å². The number of hydrogen-bond donors (Lipinski definition) is 2. The quantitative estimate of drug-likeness (QED) is 0.638. The van der Waals surface area contributed by atoms with Gasteiger partial charge < -0.3 is 9.84 Å². The number of anilines is 1. The summed E-state index contributed by atoms with van der Waals surface area (Å²) in [6.45, 7) is 2.19. The Labute approximate surface area is 131 Å². The van der Waals surface area contributed by atoms with Crippen LogP contribution >= 0.6 is 0 Å². The van der Waals surface area contributed by atoms with Crippen LogP contribution in [0.2, 0.25) is 0 Å². The molecule has 7 heteroatoms. The van der Waals surface area contributed by atoms with Gasteiger partial charge in [0.25, 0.3) is 0 Å². The van der Waals surface area contributed by atoms with Crippen LogP contribution in [0.4, 0.5) is 18.9 Å². The number of phenols is 1. The van der Waals surface area contributed by atoms with E-state index >= 15 is 0 Å². The maximum Gasteiger partial charge on any atom is 0.416 e. The van der Waals surface area contributed by atoms with Gasteiger partial charge in [0.05, 0.1) is 24.1 Å². The monoisotopic (exact) mass is 324 g/mol. The zero-order valence-corrected chi connectivity index (χ0v) is 12.3. The van der Waals surface area contributed by atoms with E-state index in [4.69, 9.17) is 4.74 Å². The van der Waals surface area contributed by atoms with Crippen LogP contribution in [0.25, 0.3) is 0 Å². The molecular formula is C16H15F3N2O2. The first-order valence-electron chi connectivity index (χ1n) is 6.83. The largest absolute Gasteiger partial charge is 0.504 e. The van der Waals surface area contributed by atoms with Crippen LogP contribution in [-0.2, 0) is 6.18 Å². The summed E-state index contributed by atoms with van der Waals surface area (Å²) in [5.41, 5.74) is 2.31. The van der Waals surface area contributed by atoms with Crippen LogP contribution in [0.3, 0.4) is 0 Å². The number of aromatic hydroxyl groups is 1. The average Bonchev–Trinajstić information content (AvgIpc) is 2.51. The van der Waals surface area contributed by atoms with E-state index in [0.29, 0.717) is 17.9 Å². The van der Waals surface area contributed by atoms with Crippen LogP contribution < -0.4 is 10.2 Å². The van der Waals surface area contributed by atoms with E-state index in [0.717, 1.165) is 12.1 Å². The summed E-state index contributed by atoms with van der Waals surface area (Å²) in [4.78, 5) is 0. The number of benzene rings is 2. The Balaban J connectivity index is 2.12. The van der Waals surface area contributed by atoms with Crippen LogP contribution in [0, 0.1) is 0 Å². The third kappa shape index (κ3) is 4.38. The number of nitrogens with zero attached hydrogens (tertiary/aromatic N) is 1. The molecule has 4 nitrogen and oxygen atoms in total. The number of alkyl halides is 3. The van der Waals surface area contributed by atoms with Gasteiger partial charge in [0.2, 0.25) is 0 Å². The van der Waals surface area contributed by atoms with Crippen molar-refractivity contribution in [1.82, 2.24) is 0 Å². The molecule has 0 bridgehead atoms. The Bertz CT molecular complexity index is 700. The van der Waals surface area contributed by atoms with Crippen molar-refractivity contribution in [1.29, 1.82) is 0 Å². The van der Waals surface area contributed by atoms with Gasteiger partial charge in [0.15, 0.2) is 11.5 Å². The SMILES string of the molecule is CCOc1cccc(/C=N/Nc2cccc(C(F)(F)F)c2)c1O. The fraction of sp³-hybridized carbons (Fsp3) is 0.188. The minimum atomic E-state index is -4.41. The molecule has 0 amide bonds. The molecule has 0 fully saturated rings. The fourth-order valence-corrected chi connectivity index (χ4v) is 1.86. The number of hydrazone groups is 1. The lowest BCUT2D eigenvalue weighted by Gasteiger charge is -2.08. The smallest absolute Gasteiger partial charge is 0.416 e. The first-order chi connectivity index (χ1) is 10.9. The van der Waals surface area contributed by atoms with Gasteiger partial charge in [-0.2, -0.15) is 18.3 Å². The Hall–Kier alpha value is -2.70. The molecule has 2 N–H and O–H groups in total. The van der Waals surface area contributed by atoms with Crippen molar-refractivity contribution in [3.63, 3.8) is 0 Å². The number of para-hydroxylation sites is 1. The molecule has 2 aromatic carbocycles. The van der Waals surface area contributed by atoms with Crippen molar-refractivity contribution in [2.45, 2.75) is 13.1 Å². The van der Waals surface area contributed by atoms with Crippen LogP contribution in [-0.4, -0.2) is 17.9 Å². The summed E-state index contributed by atoms with van der Waals surface area (Å²) in [6, 6.07) is 9.57. The Kier molecular flexibility index (Phi) is 5.10. The zero-order chi connectivity index (χ0) is 16.9. The van der Waals surface area contributed by atoms with Crippen LogP contribution in [0.5, 0.6) is 11.5 Å². The highest BCUT2D eigenvalue weighted by atomic mass is 19.4. The number of hydrogen-bond acceptors (Lipinski definition) is 4. The molecular weight excluding hydrogens is 309 g/mol. The van der Waals surface area contributed by atoms with Crippen LogP contribution in [0.15, 0.2) is 47.6 Å². The van der Waals surface area contributed by atoms with Gasteiger partial charge in [-0.1, -0.05) is 12.1 Å². The average molecular weight is 324 g/mol. The summed E-state index contributed by atoms with van der Waals surface area (Å²) in [6.07, 6.45) is -3.11. The molecule has 0 aliphatic heterocycles. The lowest BCUT2D eigenvalue weighted by atomic mass is 10.2. The maximum atomic E-state index is 12.6. The lowest BCUT2D eigenvalue weighted by molar-refractivity contribution is -0.137. The molecule has 2 rings (SSSR count). The van der Waals surface area contributed by atoms with Gasteiger partial charge >= 0.3 is 6.18 Å². The third-order valence-corrected chi connectivity index (χ3v) is 2.92. The van der Waals surface area contributed by atoms with Crippen molar-refractivity contribution in [3.05, 3.63) is 53.6 Å².